The second-order valence-corrected chi connectivity index (χ2v) is 7.91. The van der Waals surface area contributed by atoms with E-state index in [-0.39, 0.29) is 17.4 Å². The monoisotopic (exact) mass is 347 g/mol. The number of hydrogen-bond acceptors (Lipinski definition) is 5. The fraction of sp³-hybridized carbons (Fsp3) is 0.842. The number of nitrogens with zero attached hydrogens (tertiary/aromatic N) is 2. The fourth-order valence-electron chi connectivity index (χ4n) is 4.63. The van der Waals surface area contributed by atoms with Crippen LogP contribution in [0.15, 0.2) is 4.52 Å². The number of aromatic nitrogens is 2. The first-order valence-electron chi connectivity index (χ1n) is 9.95. The van der Waals surface area contributed by atoms with Crippen LogP contribution >= 0.6 is 0 Å². The molecule has 1 amide bonds. The maximum absolute atomic E-state index is 12.4. The molecule has 25 heavy (non-hydrogen) atoms. The van der Waals surface area contributed by atoms with Crippen molar-refractivity contribution in [2.75, 3.05) is 6.61 Å². The van der Waals surface area contributed by atoms with Crippen LogP contribution in [0.4, 0.5) is 0 Å². The maximum Gasteiger partial charge on any atom is 0.227 e. The second kappa shape index (κ2) is 7.06. The van der Waals surface area contributed by atoms with E-state index in [1.807, 2.05) is 0 Å². The standard InChI is InChI=1S/C19H29N3O3/c1-2-24-15-12-14(19(15)10-4-3-5-11-19)20-16(23)8-9-17-21-18(22-25-17)13-6-7-13/h13-15H,2-12H2,1H3,(H,20,23)/t14-,15-/m0/s1. The normalized spacial score (nSPS) is 27.9. The maximum atomic E-state index is 12.4. The van der Waals surface area contributed by atoms with E-state index in [2.05, 4.69) is 22.4 Å². The van der Waals surface area contributed by atoms with Gasteiger partial charge in [0.15, 0.2) is 5.82 Å². The Hall–Kier alpha value is -1.43. The largest absolute Gasteiger partial charge is 0.378 e. The summed E-state index contributed by atoms with van der Waals surface area (Å²) in [6.45, 7) is 2.82. The number of amides is 1. The summed E-state index contributed by atoms with van der Waals surface area (Å²) in [4.78, 5) is 16.8. The summed E-state index contributed by atoms with van der Waals surface area (Å²) < 4.78 is 11.2. The molecule has 3 aliphatic carbocycles. The highest BCUT2D eigenvalue weighted by atomic mass is 16.5. The summed E-state index contributed by atoms with van der Waals surface area (Å²) in [6.07, 6.45) is 10.7. The average Bonchev–Trinajstić information content (AvgIpc) is 3.38. The van der Waals surface area contributed by atoms with E-state index >= 15 is 0 Å². The van der Waals surface area contributed by atoms with Crippen LogP contribution in [-0.4, -0.2) is 34.8 Å². The van der Waals surface area contributed by atoms with Crippen molar-refractivity contribution in [2.45, 2.75) is 89.2 Å². The summed E-state index contributed by atoms with van der Waals surface area (Å²) >= 11 is 0. The molecule has 1 spiro atoms. The Kier molecular flexibility index (Phi) is 4.80. The van der Waals surface area contributed by atoms with Gasteiger partial charge in [-0.1, -0.05) is 24.4 Å². The van der Waals surface area contributed by atoms with Gasteiger partial charge in [-0.05, 0) is 39.0 Å². The van der Waals surface area contributed by atoms with Gasteiger partial charge in [0.1, 0.15) is 0 Å². The molecular formula is C19H29N3O3. The highest BCUT2D eigenvalue weighted by molar-refractivity contribution is 5.76. The van der Waals surface area contributed by atoms with Crippen LogP contribution in [-0.2, 0) is 16.0 Å². The van der Waals surface area contributed by atoms with Crippen molar-refractivity contribution in [3.8, 4) is 0 Å². The van der Waals surface area contributed by atoms with Gasteiger partial charge < -0.3 is 14.6 Å². The molecule has 0 aromatic carbocycles. The zero-order valence-corrected chi connectivity index (χ0v) is 15.1. The van der Waals surface area contributed by atoms with Crippen molar-refractivity contribution in [1.29, 1.82) is 0 Å². The summed E-state index contributed by atoms with van der Waals surface area (Å²) in [5, 5.41) is 7.28. The highest BCUT2D eigenvalue weighted by Gasteiger charge is 2.56. The van der Waals surface area contributed by atoms with E-state index < -0.39 is 0 Å². The van der Waals surface area contributed by atoms with Gasteiger partial charge in [0.2, 0.25) is 11.8 Å². The zero-order valence-electron chi connectivity index (χ0n) is 15.1. The Morgan fingerprint density at radius 3 is 2.84 bits per heavy atom. The van der Waals surface area contributed by atoms with Crippen molar-refractivity contribution < 1.29 is 14.1 Å². The third-order valence-electron chi connectivity index (χ3n) is 6.26. The van der Waals surface area contributed by atoms with Crippen LogP contribution in [0.5, 0.6) is 0 Å². The molecule has 1 aromatic heterocycles. The smallest absolute Gasteiger partial charge is 0.227 e. The molecule has 0 unspecified atom stereocenters. The first-order chi connectivity index (χ1) is 12.2. The summed E-state index contributed by atoms with van der Waals surface area (Å²) in [6, 6.07) is 0.265. The Morgan fingerprint density at radius 1 is 1.32 bits per heavy atom. The zero-order chi connectivity index (χ0) is 17.3. The predicted molar refractivity (Wildman–Crippen MR) is 92.1 cm³/mol. The molecule has 4 rings (SSSR count). The first-order valence-corrected chi connectivity index (χ1v) is 9.95. The third-order valence-corrected chi connectivity index (χ3v) is 6.26. The number of aryl methyl sites for hydroxylation is 1. The Labute approximate surface area is 149 Å². The van der Waals surface area contributed by atoms with Gasteiger partial charge >= 0.3 is 0 Å². The van der Waals surface area contributed by atoms with Crippen molar-refractivity contribution >= 4 is 5.91 Å². The number of rotatable bonds is 7. The minimum absolute atomic E-state index is 0.0936. The van der Waals surface area contributed by atoms with Crippen molar-refractivity contribution in [3.63, 3.8) is 0 Å². The molecule has 1 heterocycles. The molecule has 6 heteroatoms. The topological polar surface area (TPSA) is 77.2 Å². The van der Waals surface area contributed by atoms with Crippen molar-refractivity contribution in [3.05, 3.63) is 11.7 Å². The Balaban J connectivity index is 1.29. The van der Waals surface area contributed by atoms with Crippen LogP contribution in [0.25, 0.3) is 0 Å². The molecule has 3 fully saturated rings. The molecule has 0 bridgehead atoms. The Morgan fingerprint density at radius 2 is 2.12 bits per heavy atom. The van der Waals surface area contributed by atoms with E-state index in [1.54, 1.807) is 0 Å². The predicted octanol–water partition coefficient (Wildman–Crippen LogP) is 3.12. The van der Waals surface area contributed by atoms with Crippen LogP contribution in [0, 0.1) is 5.41 Å². The molecule has 138 valence electrons. The molecule has 2 atom stereocenters. The molecule has 0 radical (unpaired) electrons. The molecule has 3 aliphatic rings. The SMILES string of the molecule is CCO[C@H]1C[C@H](NC(=O)CCc2nc(C3CC3)no2)C12CCCCC2. The molecule has 3 saturated carbocycles. The van der Waals surface area contributed by atoms with E-state index in [9.17, 15) is 4.79 Å². The third kappa shape index (κ3) is 3.46. The molecule has 0 aliphatic heterocycles. The highest BCUT2D eigenvalue weighted by Crippen LogP contribution is 2.53. The lowest BCUT2D eigenvalue weighted by Crippen LogP contribution is -2.65. The quantitative estimate of drug-likeness (QED) is 0.820. The lowest BCUT2D eigenvalue weighted by atomic mass is 9.55. The Bertz CT molecular complexity index is 605. The number of carbonyl (C=O) groups excluding carboxylic acids is 1. The summed E-state index contributed by atoms with van der Waals surface area (Å²) in [5.41, 5.74) is 0.174. The first kappa shape index (κ1) is 17.0. The lowest BCUT2D eigenvalue weighted by molar-refractivity contribution is -0.157. The van der Waals surface area contributed by atoms with Crippen LogP contribution < -0.4 is 5.32 Å². The van der Waals surface area contributed by atoms with E-state index in [0.29, 0.717) is 30.8 Å². The number of nitrogens with one attached hydrogen (secondary N) is 1. The van der Waals surface area contributed by atoms with Crippen molar-refractivity contribution in [1.82, 2.24) is 15.5 Å². The van der Waals surface area contributed by atoms with E-state index in [4.69, 9.17) is 9.26 Å². The van der Waals surface area contributed by atoms with Gasteiger partial charge in [-0.15, -0.1) is 0 Å². The summed E-state index contributed by atoms with van der Waals surface area (Å²) in [5.74, 6) is 1.99. The van der Waals surface area contributed by atoms with E-state index in [1.165, 1.54) is 32.1 Å². The molecular weight excluding hydrogens is 318 g/mol. The lowest BCUT2D eigenvalue weighted by Gasteiger charge is -2.57. The van der Waals surface area contributed by atoms with Gasteiger partial charge in [-0.3, -0.25) is 4.79 Å². The average molecular weight is 347 g/mol. The number of carbonyl (C=O) groups is 1. The van der Waals surface area contributed by atoms with Gasteiger partial charge in [-0.2, -0.15) is 4.98 Å². The van der Waals surface area contributed by atoms with Crippen LogP contribution in [0.2, 0.25) is 0 Å². The molecule has 1 N–H and O–H groups in total. The number of ether oxygens (including phenoxy) is 1. The van der Waals surface area contributed by atoms with Crippen LogP contribution in [0.1, 0.15) is 82.3 Å². The molecule has 6 nitrogen and oxygen atoms in total. The molecule has 0 saturated heterocycles. The fourth-order valence-corrected chi connectivity index (χ4v) is 4.63. The minimum atomic E-state index is 0.0936. The van der Waals surface area contributed by atoms with Gasteiger partial charge in [-0.25, -0.2) is 0 Å². The number of hydrogen-bond donors (Lipinski definition) is 1. The summed E-state index contributed by atoms with van der Waals surface area (Å²) in [7, 11) is 0. The molecule has 1 aromatic rings. The van der Waals surface area contributed by atoms with Gasteiger partial charge in [0, 0.05) is 36.8 Å². The van der Waals surface area contributed by atoms with Crippen molar-refractivity contribution in [2.24, 2.45) is 5.41 Å². The van der Waals surface area contributed by atoms with Crippen LogP contribution in [0.3, 0.4) is 0 Å². The second-order valence-electron chi connectivity index (χ2n) is 7.91. The minimum Gasteiger partial charge on any atom is -0.378 e. The van der Waals surface area contributed by atoms with Gasteiger partial charge in [0.25, 0.3) is 0 Å². The van der Waals surface area contributed by atoms with E-state index in [0.717, 1.165) is 31.7 Å². The van der Waals surface area contributed by atoms with Gasteiger partial charge in [0.05, 0.1) is 6.10 Å².